The monoisotopic (exact) mass is 431 g/mol. The van der Waals surface area contributed by atoms with Gasteiger partial charge in [0.05, 0.1) is 20.1 Å². The molecule has 0 bridgehead atoms. The van der Waals surface area contributed by atoms with Crippen molar-refractivity contribution in [3.8, 4) is 11.5 Å². The third kappa shape index (κ3) is 5.50. The number of carbonyl (C=O) groups excluding carboxylic acids is 2. The van der Waals surface area contributed by atoms with Gasteiger partial charge >= 0.3 is 0 Å². The Labute approximate surface area is 186 Å². The van der Waals surface area contributed by atoms with Crippen LogP contribution in [0.15, 0.2) is 18.2 Å². The van der Waals surface area contributed by atoms with Crippen LogP contribution < -0.4 is 9.47 Å². The van der Waals surface area contributed by atoms with Crippen LogP contribution in [0.4, 0.5) is 0 Å². The van der Waals surface area contributed by atoms with Gasteiger partial charge in [0.15, 0.2) is 0 Å². The number of ether oxygens (including phenoxy) is 2. The number of rotatable bonds is 7. The number of piperazine rings is 1. The molecule has 2 fully saturated rings. The van der Waals surface area contributed by atoms with E-state index in [1.807, 2.05) is 34.9 Å². The molecule has 1 aromatic carbocycles. The van der Waals surface area contributed by atoms with Gasteiger partial charge in [-0.05, 0) is 25.3 Å². The number of benzene rings is 1. The molecule has 0 saturated carbocycles. The Balaban J connectivity index is 1.57. The van der Waals surface area contributed by atoms with Crippen molar-refractivity contribution in [1.82, 2.24) is 14.7 Å². The summed E-state index contributed by atoms with van der Waals surface area (Å²) in [6.07, 6.45) is 1.14. The van der Waals surface area contributed by atoms with Gasteiger partial charge in [-0.25, -0.2) is 0 Å². The lowest BCUT2D eigenvalue weighted by atomic mass is 9.87. The maximum atomic E-state index is 13.3. The molecular formula is C24H37N3O4. The number of likely N-dealkylation sites (tertiary alicyclic amines) is 1. The molecule has 0 aromatic heterocycles. The van der Waals surface area contributed by atoms with Crippen molar-refractivity contribution >= 4 is 11.8 Å². The number of methoxy groups -OCH3 is 2. The van der Waals surface area contributed by atoms with E-state index in [4.69, 9.17) is 9.47 Å². The number of amides is 2. The number of hydrogen-bond acceptors (Lipinski definition) is 5. The molecule has 0 aliphatic carbocycles. The largest absolute Gasteiger partial charge is 0.497 e. The summed E-state index contributed by atoms with van der Waals surface area (Å²) in [7, 11) is 3.32. The van der Waals surface area contributed by atoms with Gasteiger partial charge in [-0.2, -0.15) is 0 Å². The topological polar surface area (TPSA) is 62.3 Å². The first kappa shape index (κ1) is 23.4. The fourth-order valence-corrected chi connectivity index (χ4v) is 4.68. The van der Waals surface area contributed by atoms with Gasteiger partial charge in [-0.1, -0.05) is 19.9 Å². The standard InChI is InChI=1S/C24H37N3O4/c1-17(2)15-27-18(3)21(8-9-23(27)28)24(29)26-12-10-25(11-13-26)16-19-6-7-20(30-4)14-22(19)31-5/h6-7,14,17-18,21H,8-13,15-16H2,1-5H3/t18-,21-/m1/s1. The lowest BCUT2D eigenvalue weighted by molar-refractivity contribution is -0.148. The van der Waals surface area contributed by atoms with E-state index in [0.29, 0.717) is 18.8 Å². The van der Waals surface area contributed by atoms with Crippen LogP contribution in [0.1, 0.15) is 39.2 Å². The molecule has 7 heteroatoms. The third-order valence-corrected chi connectivity index (χ3v) is 6.51. The van der Waals surface area contributed by atoms with E-state index in [9.17, 15) is 9.59 Å². The van der Waals surface area contributed by atoms with Crippen molar-refractivity contribution in [2.75, 3.05) is 46.9 Å². The van der Waals surface area contributed by atoms with Crippen molar-refractivity contribution in [2.24, 2.45) is 11.8 Å². The Morgan fingerprint density at radius 1 is 1.13 bits per heavy atom. The van der Waals surface area contributed by atoms with Crippen molar-refractivity contribution in [2.45, 2.75) is 46.2 Å². The first-order valence-corrected chi connectivity index (χ1v) is 11.4. The van der Waals surface area contributed by atoms with Gasteiger partial charge in [0.1, 0.15) is 11.5 Å². The highest BCUT2D eigenvalue weighted by Crippen LogP contribution is 2.29. The second-order valence-corrected chi connectivity index (χ2v) is 9.10. The van der Waals surface area contributed by atoms with Gasteiger partial charge < -0.3 is 19.3 Å². The lowest BCUT2D eigenvalue weighted by Gasteiger charge is -2.43. The molecule has 2 heterocycles. The van der Waals surface area contributed by atoms with Gasteiger partial charge in [0.2, 0.25) is 11.8 Å². The van der Waals surface area contributed by atoms with Crippen LogP contribution in [-0.2, 0) is 16.1 Å². The second-order valence-electron chi connectivity index (χ2n) is 9.10. The van der Waals surface area contributed by atoms with Gasteiger partial charge in [-0.15, -0.1) is 0 Å². The molecule has 0 N–H and O–H groups in total. The average molecular weight is 432 g/mol. The Hall–Kier alpha value is -2.28. The smallest absolute Gasteiger partial charge is 0.227 e. The Kier molecular flexibility index (Phi) is 7.81. The number of nitrogens with zero attached hydrogens (tertiary/aromatic N) is 3. The van der Waals surface area contributed by atoms with Crippen molar-refractivity contribution in [1.29, 1.82) is 0 Å². The van der Waals surface area contributed by atoms with E-state index in [0.717, 1.165) is 56.3 Å². The molecule has 0 unspecified atom stereocenters. The van der Waals surface area contributed by atoms with Crippen molar-refractivity contribution in [3.05, 3.63) is 23.8 Å². The zero-order chi connectivity index (χ0) is 22.5. The third-order valence-electron chi connectivity index (χ3n) is 6.51. The summed E-state index contributed by atoms with van der Waals surface area (Å²) >= 11 is 0. The summed E-state index contributed by atoms with van der Waals surface area (Å²) in [6, 6.07) is 5.87. The molecule has 2 amide bonds. The average Bonchev–Trinajstić information content (AvgIpc) is 2.77. The fourth-order valence-electron chi connectivity index (χ4n) is 4.68. The highest BCUT2D eigenvalue weighted by atomic mass is 16.5. The molecule has 2 saturated heterocycles. The molecule has 7 nitrogen and oxygen atoms in total. The van der Waals surface area contributed by atoms with Crippen molar-refractivity contribution in [3.63, 3.8) is 0 Å². The van der Waals surface area contributed by atoms with Crippen LogP contribution in [0.2, 0.25) is 0 Å². The molecule has 3 rings (SSSR count). The van der Waals surface area contributed by atoms with Crippen LogP contribution in [-0.4, -0.2) is 79.5 Å². The fraction of sp³-hybridized carbons (Fsp3) is 0.667. The summed E-state index contributed by atoms with van der Waals surface area (Å²) in [5.41, 5.74) is 1.12. The Morgan fingerprint density at radius 3 is 2.45 bits per heavy atom. The summed E-state index contributed by atoms with van der Waals surface area (Å²) in [5, 5.41) is 0. The molecule has 172 valence electrons. The first-order chi connectivity index (χ1) is 14.8. The van der Waals surface area contributed by atoms with Crippen LogP contribution in [0.3, 0.4) is 0 Å². The van der Waals surface area contributed by atoms with E-state index in [-0.39, 0.29) is 23.8 Å². The molecule has 31 heavy (non-hydrogen) atoms. The molecule has 1 aromatic rings. The minimum absolute atomic E-state index is 0.0299. The normalized spacial score (nSPS) is 22.7. The maximum absolute atomic E-state index is 13.3. The predicted molar refractivity (Wildman–Crippen MR) is 120 cm³/mol. The predicted octanol–water partition coefficient (Wildman–Crippen LogP) is 2.63. The SMILES string of the molecule is COc1ccc(CN2CCN(C(=O)[C@@H]3CCC(=O)N(CC(C)C)[C@@H]3C)CC2)c(OC)c1. The molecule has 2 aliphatic heterocycles. The zero-order valence-corrected chi connectivity index (χ0v) is 19.6. The highest BCUT2D eigenvalue weighted by Gasteiger charge is 2.39. The summed E-state index contributed by atoms with van der Waals surface area (Å²) in [4.78, 5) is 31.9. The van der Waals surface area contributed by atoms with E-state index in [1.165, 1.54) is 0 Å². The number of carbonyl (C=O) groups is 2. The van der Waals surface area contributed by atoms with E-state index in [2.05, 4.69) is 18.7 Å². The van der Waals surface area contributed by atoms with E-state index < -0.39 is 0 Å². The van der Waals surface area contributed by atoms with Crippen LogP contribution in [0.5, 0.6) is 11.5 Å². The molecule has 0 spiro atoms. The van der Waals surface area contributed by atoms with Crippen LogP contribution in [0, 0.1) is 11.8 Å². The molecule has 2 atom stereocenters. The Bertz CT molecular complexity index is 774. The van der Waals surface area contributed by atoms with Gasteiger partial charge in [0.25, 0.3) is 0 Å². The van der Waals surface area contributed by atoms with Crippen LogP contribution >= 0.6 is 0 Å². The minimum atomic E-state index is -0.0929. The lowest BCUT2D eigenvalue weighted by Crippen LogP contribution is -2.56. The second kappa shape index (κ2) is 10.4. The molecule has 0 radical (unpaired) electrons. The highest BCUT2D eigenvalue weighted by molar-refractivity contribution is 5.84. The number of hydrogen-bond donors (Lipinski definition) is 0. The minimum Gasteiger partial charge on any atom is -0.497 e. The van der Waals surface area contributed by atoms with E-state index in [1.54, 1.807) is 14.2 Å². The maximum Gasteiger partial charge on any atom is 0.227 e. The molecule has 2 aliphatic rings. The zero-order valence-electron chi connectivity index (χ0n) is 19.6. The first-order valence-electron chi connectivity index (χ1n) is 11.4. The van der Waals surface area contributed by atoms with E-state index >= 15 is 0 Å². The quantitative estimate of drug-likeness (QED) is 0.664. The molecular weight excluding hydrogens is 394 g/mol. The summed E-state index contributed by atoms with van der Waals surface area (Å²) in [6.45, 7) is 10.9. The summed E-state index contributed by atoms with van der Waals surface area (Å²) < 4.78 is 10.8. The van der Waals surface area contributed by atoms with Crippen molar-refractivity contribution < 1.29 is 19.1 Å². The van der Waals surface area contributed by atoms with Gasteiger partial charge in [-0.3, -0.25) is 14.5 Å². The Morgan fingerprint density at radius 2 is 1.84 bits per heavy atom. The van der Waals surface area contributed by atoms with Crippen LogP contribution in [0.25, 0.3) is 0 Å². The number of piperidine rings is 1. The summed E-state index contributed by atoms with van der Waals surface area (Å²) in [5.74, 6) is 2.30. The van der Waals surface area contributed by atoms with Gasteiger partial charge in [0, 0.05) is 63.4 Å².